The predicted octanol–water partition coefficient (Wildman–Crippen LogP) is 4.41. The fourth-order valence-electron chi connectivity index (χ4n) is 3.25. The largest absolute Gasteiger partial charge is 0.342 e. The van der Waals surface area contributed by atoms with Gasteiger partial charge in [-0.25, -0.2) is 0 Å². The van der Waals surface area contributed by atoms with E-state index in [4.69, 9.17) is 0 Å². The molecule has 1 saturated heterocycles. The molecule has 1 fully saturated rings. The summed E-state index contributed by atoms with van der Waals surface area (Å²) in [5.41, 5.74) is 1.09. The van der Waals surface area contributed by atoms with Gasteiger partial charge in [-0.3, -0.25) is 9.59 Å². The molecule has 1 atom stereocenters. The van der Waals surface area contributed by atoms with Gasteiger partial charge in [0, 0.05) is 42.8 Å². The second-order valence-corrected chi connectivity index (χ2v) is 8.99. The topological polar surface area (TPSA) is 49.4 Å². The molecule has 138 valence electrons. The molecule has 2 amide bonds. The first-order chi connectivity index (χ1) is 11.8. The Balaban J connectivity index is 1.80. The van der Waals surface area contributed by atoms with Crippen LogP contribution < -0.4 is 5.32 Å². The molecule has 1 aromatic carbocycles. The van der Waals surface area contributed by atoms with Crippen molar-refractivity contribution in [1.29, 1.82) is 0 Å². The van der Waals surface area contributed by atoms with Crippen molar-refractivity contribution in [2.75, 3.05) is 24.2 Å². The Morgan fingerprint density at radius 2 is 1.92 bits per heavy atom. The maximum absolute atomic E-state index is 12.4. The van der Waals surface area contributed by atoms with Gasteiger partial charge in [-0.2, -0.15) is 0 Å². The number of carbonyl (C=O) groups is 2. The summed E-state index contributed by atoms with van der Waals surface area (Å²) in [5.74, 6) is 1.75. The Kier molecular flexibility index (Phi) is 6.94. The Morgan fingerprint density at radius 1 is 1.24 bits per heavy atom. The van der Waals surface area contributed by atoms with Crippen LogP contribution in [0.15, 0.2) is 29.2 Å². The molecular formula is C20H30N2O2S. The van der Waals surface area contributed by atoms with Crippen LogP contribution in [0.25, 0.3) is 0 Å². The van der Waals surface area contributed by atoms with Gasteiger partial charge in [0.1, 0.15) is 0 Å². The van der Waals surface area contributed by atoms with Gasteiger partial charge in [0.2, 0.25) is 11.8 Å². The molecule has 1 N–H and O–H groups in total. The molecule has 0 spiro atoms. The van der Waals surface area contributed by atoms with Gasteiger partial charge in [-0.05, 0) is 48.4 Å². The average Bonchev–Trinajstić information content (AvgIpc) is 2.70. The Morgan fingerprint density at radius 3 is 2.52 bits per heavy atom. The number of anilines is 1. The van der Waals surface area contributed by atoms with E-state index in [-0.39, 0.29) is 11.3 Å². The molecule has 4 nitrogen and oxygen atoms in total. The lowest BCUT2D eigenvalue weighted by Crippen LogP contribution is -2.32. The lowest BCUT2D eigenvalue weighted by atomic mass is 9.77. The predicted molar refractivity (Wildman–Crippen MR) is 105 cm³/mol. The zero-order valence-corrected chi connectivity index (χ0v) is 16.6. The van der Waals surface area contributed by atoms with Gasteiger partial charge < -0.3 is 10.2 Å². The van der Waals surface area contributed by atoms with Gasteiger partial charge in [-0.1, -0.05) is 20.8 Å². The van der Waals surface area contributed by atoms with Crippen molar-refractivity contribution in [2.24, 2.45) is 11.3 Å². The molecule has 0 unspecified atom stereocenters. The standard InChI is InChI=1S/C20H30N2O2S/c1-15(23)21-17-6-8-18(9-7-17)25-14-13-22-12-11-16(20(2,3)4)5-10-19(22)24/h6-9,16H,5,10-14H2,1-4H3,(H,21,23)/t16-/m0/s1. The quantitative estimate of drug-likeness (QED) is 0.789. The van der Waals surface area contributed by atoms with Crippen LogP contribution >= 0.6 is 11.8 Å². The molecule has 0 bridgehead atoms. The SMILES string of the molecule is CC(=O)Nc1ccc(SCCN2CC[C@@H](C(C)(C)C)CCC2=O)cc1. The number of thioether (sulfide) groups is 1. The summed E-state index contributed by atoms with van der Waals surface area (Å²) in [6, 6.07) is 7.84. The number of carbonyl (C=O) groups excluding carboxylic acids is 2. The molecule has 1 aliphatic heterocycles. The summed E-state index contributed by atoms with van der Waals surface area (Å²) < 4.78 is 0. The normalized spacial score (nSPS) is 18.8. The first kappa shape index (κ1) is 19.8. The Bertz CT molecular complexity index is 593. The van der Waals surface area contributed by atoms with Crippen molar-refractivity contribution in [2.45, 2.75) is 51.9 Å². The number of rotatable bonds is 5. The molecule has 25 heavy (non-hydrogen) atoms. The minimum atomic E-state index is -0.0614. The second-order valence-electron chi connectivity index (χ2n) is 7.83. The monoisotopic (exact) mass is 362 g/mol. The zero-order chi connectivity index (χ0) is 18.4. The van der Waals surface area contributed by atoms with E-state index < -0.39 is 0 Å². The number of nitrogens with zero attached hydrogens (tertiary/aromatic N) is 1. The van der Waals surface area contributed by atoms with E-state index in [0.29, 0.717) is 18.2 Å². The summed E-state index contributed by atoms with van der Waals surface area (Å²) in [6.07, 6.45) is 2.79. The summed E-state index contributed by atoms with van der Waals surface area (Å²) >= 11 is 1.75. The highest BCUT2D eigenvalue weighted by atomic mass is 32.2. The molecule has 2 rings (SSSR count). The Hall–Kier alpha value is -1.49. The molecule has 0 saturated carbocycles. The highest BCUT2D eigenvalue weighted by molar-refractivity contribution is 7.99. The maximum atomic E-state index is 12.4. The molecule has 1 aliphatic rings. The number of amides is 2. The van der Waals surface area contributed by atoms with Gasteiger partial charge in [0.05, 0.1) is 0 Å². The van der Waals surface area contributed by atoms with Crippen LogP contribution in [-0.4, -0.2) is 35.6 Å². The third-order valence-corrected chi connectivity index (χ3v) is 5.83. The highest BCUT2D eigenvalue weighted by Gasteiger charge is 2.29. The van der Waals surface area contributed by atoms with Gasteiger partial charge in [-0.15, -0.1) is 11.8 Å². The van der Waals surface area contributed by atoms with Crippen LogP contribution in [0.3, 0.4) is 0 Å². The Labute approximate surface area is 155 Å². The van der Waals surface area contributed by atoms with Crippen molar-refractivity contribution < 1.29 is 9.59 Å². The van der Waals surface area contributed by atoms with E-state index in [1.54, 1.807) is 11.8 Å². The third-order valence-electron chi connectivity index (χ3n) is 4.84. The number of likely N-dealkylation sites (tertiary alicyclic amines) is 1. The van der Waals surface area contributed by atoms with Crippen LogP contribution in [-0.2, 0) is 9.59 Å². The molecule has 1 heterocycles. The van der Waals surface area contributed by atoms with E-state index >= 15 is 0 Å². The van der Waals surface area contributed by atoms with Crippen LogP contribution in [0.2, 0.25) is 0 Å². The van der Waals surface area contributed by atoms with Crippen LogP contribution in [0, 0.1) is 11.3 Å². The number of benzene rings is 1. The van der Waals surface area contributed by atoms with Gasteiger partial charge >= 0.3 is 0 Å². The zero-order valence-electron chi connectivity index (χ0n) is 15.8. The number of hydrogen-bond acceptors (Lipinski definition) is 3. The summed E-state index contributed by atoms with van der Waals surface area (Å²) in [7, 11) is 0. The van der Waals surface area contributed by atoms with Crippen molar-refractivity contribution in [3.8, 4) is 0 Å². The van der Waals surface area contributed by atoms with Gasteiger partial charge in [0.25, 0.3) is 0 Å². The first-order valence-corrected chi connectivity index (χ1v) is 10.0. The summed E-state index contributed by atoms with van der Waals surface area (Å²) in [4.78, 5) is 26.6. The van der Waals surface area contributed by atoms with Crippen molar-refractivity contribution in [3.05, 3.63) is 24.3 Å². The van der Waals surface area contributed by atoms with E-state index in [9.17, 15) is 9.59 Å². The first-order valence-electron chi connectivity index (χ1n) is 9.04. The van der Waals surface area contributed by atoms with Gasteiger partial charge in [0.15, 0.2) is 0 Å². The maximum Gasteiger partial charge on any atom is 0.222 e. The fourth-order valence-corrected chi connectivity index (χ4v) is 4.13. The van der Waals surface area contributed by atoms with Crippen molar-refractivity contribution >= 4 is 29.3 Å². The number of nitrogens with one attached hydrogen (secondary N) is 1. The average molecular weight is 363 g/mol. The smallest absolute Gasteiger partial charge is 0.222 e. The lowest BCUT2D eigenvalue weighted by molar-refractivity contribution is -0.130. The summed E-state index contributed by atoms with van der Waals surface area (Å²) in [5, 5.41) is 2.77. The van der Waals surface area contributed by atoms with Crippen molar-refractivity contribution in [1.82, 2.24) is 4.90 Å². The molecule has 0 aliphatic carbocycles. The van der Waals surface area contributed by atoms with Crippen LogP contribution in [0.4, 0.5) is 5.69 Å². The summed E-state index contributed by atoms with van der Waals surface area (Å²) in [6.45, 7) is 10.0. The third kappa shape index (κ3) is 6.38. The highest BCUT2D eigenvalue weighted by Crippen LogP contribution is 2.34. The fraction of sp³-hybridized carbons (Fsp3) is 0.600. The molecular weight excluding hydrogens is 332 g/mol. The molecule has 5 heteroatoms. The lowest BCUT2D eigenvalue weighted by Gasteiger charge is -2.29. The molecule has 1 aromatic rings. The van der Waals surface area contributed by atoms with Crippen molar-refractivity contribution in [3.63, 3.8) is 0 Å². The van der Waals surface area contributed by atoms with E-state index in [0.717, 1.165) is 42.3 Å². The second kappa shape index (κ2) is 8.75. The molecule has 0 radical (unpaired) electrons. The molecule has 0 aromatic heterocycles. The van der Waals surface area contributed by atoms with E-state index in [1.807, 2.05) is 29.2 Å². The minimum absolute atomic E-state index is 0.0614. The van der Waals surface area contributed by atoms with E-state index in [1.165, 1.54) is 6.92 Å². The van der Waals surface area contributed by atoms with Crippen LogP contribution in [0.5, 0.6) is 0 Å². The minimum Gasteiger partial charge on any atom is -0.342 e. The van der Waals surface area contributed by atoms with E-state index in [2.05, 4.69) is 26.1 Å². The number of hydrogen-bond donors (Lipinski definition) is 1. The van der Waals surface area contributed by atoms with Crippen LogP contribution in [0.1, 0.15) is 47.0 Å².